The molecule has 0 bridgehead atoms. The van der Waals surface area contributed by atoms with E-state index in [0.717, 1.165) is 18.1 Å². The minimum Gasteiger partial charge on any atom is -0.490 e. The molecule has 1 nitrogen and oxygen atoms in total. The van der Waals surface area contributed by atoms with Crippen molar-refractivity contribution in [2.45, 2.75) is 39.2 Å². The SMILES string of the molecule is C#Cc1ccc(OC2CCCC(C)C2C)cc1Cl. The fourth-order valence-electron chi connectivity index (χ4n) is 2.56. The van der Waals surface area contributed by atoms with E-state index in [9.17, 15) is 0 Å². The Kier molecular flexibility index (Phi) is 4.19. The van der Waals surface area contributed by atoms with Gasteiger partial charge >= 0.3 is 0 Å². The average molecular weight is 263 g/mol. The van der Waals surface area contributed by atoms with Crippen LogP contribution in [-0.2, 0) is 0 Å². The molecule has 0 spiro atoms. The monoisotopic (exact) mass is 262 g/mol. The molecule has 0 saturated heterocycles. The quantitative estimate of drug-likeness (QED) is 0.712. The lowest BCUT2D eigenvalue weighted by molar-refractivity contribution is 0.0692. The fraction of sp³-hybridized carbons (Fsp3) is 0.500. The highest BCUT2D eigenvalue weighted by Crippen LogP contribution is 2.33. The van der Waals surface area contributed by atoms with Crippen LogP contribution in [0.1, 0.15) is 38.7 Å². The van der Waals surface area contributed by atoms with Crippen molar-refractivity contribution >= 4 is 11.6 Å². The summed E-state index contributed by atoms with van der Waals surface area (Å²) in [5.74, 6) is 4.69. The van der Waals surface area contributed by atoms with E-state index in [0.29, 0.717) is 22.6 Å². The molecule has 1 aliphatic carbocycles. The van der Waals surface area contributed by atoms with Crippen molar-refractivity contribution in [3.05, 3.63) is 28.8 Å². The third-order valence-corrected chi connectivity index (χ3v) is 4.33. The zero-order valence-electron chi connectivity index (χ0n) is 10.9. The first-order valence-corrected chi connectivity index (χ1v) is 6.92. The standard InChI is InChI=1S/C16H19ClO/c1-4-13-8-9-14(10-15(13)17)18-16-7-5-6-11(2)12(16)3/h1,8-12,16H,5-7H2,2-3H3. The molecule has 0 amide bonds. The zero-order chi connectivity index (χ0) is 13.1. The Morgan fingerprint density at radius 2 is 2.11 bits per heavy atom. The number of halogens is 1. The molecule has 3 unspecified atom stereocenters. The lowest BCUT2D eigenvalue weighted by Crippen LogP contribution is -2.33. The maximum absolute atomic E-state index is 6.09. The molecule has 1 fully saturated rings. The molecule has 18 heavy (non-hydrogen) atoms. The molecule has 1 saturated carbocycles. The minimum atomic E-state index is 0.293. The van der Waals surface area contributed by atoms with Crippen molar-refractivity contribution in [1.82, 2.24) is 0 Å². The molecule has 0 aromatic heterocycles. The van der Waals surface area contributed by atoms with E-state index in [-0.39, 0.29) is 0 Å². The summed E-state index contributed by atoms with van der Waals surface area (Å²) in [6.45, 7) is 4.57. The van der Waals surface area contributed by atoms with E-state index in [1.807, 2.05) is 18.2 Å². The Labute approximate surface area is 114 Å². The summed E-state index contributed by atoms with van der Waals surface area (Å²) in [5.41, 5.74) is 0.717. The van der Waals surface area contributed by atoms with Crippen molar-refractivity contribution in [3.63, 3.8) is 0 Å². The van der Waals surface area contributed by atoms with Gasteiger partial charge in [0.1, 0.15) is 11.9 Å². The molecule has 1 aliphatic rings. The molecule has 1 aromatic carbocycles. The molecule has 2 heteroatoms. The molecule has 96 valence electrons. The maximum atomic E-state index is 6.09. The summed E-state index contributed by atoms with van der Waals surface area (Å²) in [5, 5.41) is 0.589. The normalized spacial score (nSPS) is 27.6. The second-order valence-electron chi connectivity index (χ2n) is 5.21. The van der Waals surface area contributed by atoms with Gasteiger partial charge in [-0.05, 0) is 36.8 Å². The Morgan fingerprint density at radius 1 is 1.33 bits per heavy atom. The summed E-state index contributed by atoms with van der Waals surface area (Å²) in [6.07, 6.45) is 9.31. The number of ether oxygens (including phenoxy) is 1. The first-order valence-electron chi connectivity index (χ1n) is 6.54. The Bertz CT molecular complexity index is 461. The maximum Gasteiger partial charge on any atom is 0.121 e. The van der Waals surface area contributed by atoms with E-state index in [1.54, 1.807) is 0 Å². The predicted octanol–water partition coefficient (Wildman–Crippen LogP) is 4.52. The second kappa shape index (κ2) is 5.67. The summed E-state index contributed by atoms with van der Waals surface area (Å²) in [7, 11) is 0. The Balaban J connectivity index is 2.09. The van der Waals surface area contributed by atoms with Gasteiger partial charge < -0.3 is 4.74 Å². The highest BCUT2D eigenvalue weighted by Gasteiger charge is 2.28. The number of hydrogen-bond donors (Lipinski definition) is 0. The van der Waals surface area contributed by atoms with Crippen LogP contribution in [0, 0.1) is 24.2 Å². The van der Waals surface area contributed by atoms with Crippen molar-refractivity contribution in [2.24, 2.45) is 11.8 Å². The van der Waals surface area contributed by atoms with Crippen LogP contribution in [0.3, 0.4) is 0 Å². The molecule has 1 aromatic rings. The van der Waals surface area contributed by atoms with E-state index in [1.165, 1.54) is 12.8 Å². The van der Waals surface area contributed by atoms with Crippen LogP contribution in [0.25, 0.3) is 0 Å². The van der Waals surface area contributed by atoms with Crippen LogP contribution < -0.4 is 4.74 Å². The first kappa shape index (κ1) is 13.3. The van der Waals surface area contributed by atoms with Crippen molar-refractivity contribution in [1.29, 1.82) is 0 Å². The highest BCUT2D eigenvalue weighted by molar-refractivity contribution is 6.31. The van der Waals surface area contributed by atoms with Crippen LogP contribution in [0.5, 0.6) is 5.75 Å². The van der Waals surface area contributed by atoms with Crippen LogP contribution >= 0.6 is 11.6 Å². The molecular formula is C16H19ClO. The van der Waals surface area contributed by atoms with Crippen LogP contribution in [-0.4, -0.2) is 6.10 Å². The van der Waals surface area contributed by atoms with E-state index in [2.05, 4.69) is 19.8 Å². The van der Waals surface area contributed by atoms with Gasteiger partial charge in [0.05, 0.1) is 5.02 Å². The number of hydrogen-bond acceptors (Lipinski definition) is 1. The smallest absolute Gasteiger partial charge is 0.121 e. The van der Waals surface area contributed by atoms with Crippen LogP contribution in [0.2, 0.25) is 5.02 Å². The van der Waals surface area contributed by atoms with Gasteiger partial charge in [-0.25, -0.2) is 0 Å². The second-order valence-corrected chi connectivity index (χ2v) is 5.62. The van der Waals surface area contributed by atoms with E-state index >= 15 is 0 Å². The van der Waals surface area contributed by atoms with Gasteiger partial charge in [-0.1, -0.05) is 37.8 Å². The molecule has 0 heterocycles. The minimum absolute atomic E-state index is 0.293. The summed E-state index contributed by atoms with van der Waals surface area (Å²) in [4.78, 5) is 0. The summed E-state index contributed by atoms with van der Waals surface area (Å²) < 4.78 is 6.07. The predicted molar refractivity (Wildman–Crippen MR) is 76.0 cm³/mol. The lowest BCUT2D eigenvalue weighted by atomic mass is 9.79. The van der Waals surface area contributed by atoms with Crippen molar-refractivity contribution in [3.8, 4) is 18.1 Å². The van der Waals surface area contributed by atoms with Crippen LogP contribution in [0.15, 0.2) is 18.2 Å². The summed E-state index contributed by atoms with van der Waals surface area (Å²) >= 11 is 6.09. The number of terminal acetylenes is 1. The molecule has 0 N–H and O–H groups in total. The molecule has 0 radical (unpaired) electrons. The van der Waals surface area contributed by atoms with E-state index < -0.39 is 0 Å². The van der Waals surface area contributed by atoms with Crippen molar-refractivity contribution < 1.29 is 4.74 Å². The van der Waals surface area contributed by atoms with Crippen molar-refractivity contribution in [2.75, 3.05) is 0 Å². The van der Waals surface area contributed by atoms with Gasteiger partial charge in [-0.15, -0.1) is 6.42 Å². The fourth-order valence-corrected chi connectivity index (χ4v) is 2.79. The van der Waals surface area contributed by atoms with Gasteiger partial charge in [0.15, 0.2) is 0 Å². The molecular weight excluding hydrogens is 244 g/mol. The lowest BCUT2D eigenvalue weighted by Gasteiger charge is -2.34. The Morgan fingerprint density at radius 3 is 2.78 bits per heavy atom. The third kappa shape index (κ3) is 2.82. The van der Waals surface area contributed by atoms with Gasteiger partial charge in [0.25, 0.3) is 0 Å². The average Bonchev–Trinajstić information content (AvgIpc) is 2.35. The third-order valence-electron chi connectivity index (χ3n) is 4.02. The first-order chi connectivity index (χ1) is 8.61. The van der Waals surface area contributed by atoms with Crippen LogP contribution in [0.4, 0.5) is 0 Å². The van der Waals surface area contributed by atoms with Gasteiger partial charge in [-0.3, -0.25) is 0 Å². The molecule has 3 atom stereocenters. The number of rotatable bonds is 2. The topological polar surface area (TPSA) is 9.23 Å². The highest BCUT2D eigenvalue weighted by atomic mass is 35.5. The van der Waals surface area contributed by atoms with Gasteiger partial charge in [-0.2, -0.15) is 0 Å². The zero-order valence-corrected chi connectivity index (χ0v) is 11.7. The number of benzene rings is 1. The van der Waals surface area contributed by atoms with Gasteiger partial charge in [0.2, 0.25) is 0 Å². The molecule has 0 aliphatic heterocycles. The Hall–Kier alpha value is -1.13. The molecule has 2 rings (SSSR count). The van der Waals surface area contributed by atoms with Gasteiger partial charge in [0, 0.05) is 11.6 Å². The largest absolute Gasteiger partial charge is 0.490 e. The van der Waals surface area contributed by atoms with E-state index in [4.69, 9.17) is 22.8 Å². The summed E-state index contributed by atoms with van der Waals surface area (Å²) in [6, 6.07) is 5.57.